The lowest BCUT2D eigenvalue weighted by molar-refractivity contribution is 0.0250. The molecule has 0 bridgehead atoms. The molecule has 1 amide bonds. The van der Waals surface area contributed by atoms with Crippen molar-refractivity contribution in [3.8, 4) is 0 Å². The van der Waals surface area contributed by atoms with E-state index < -0.39 is 0 Å². The van der Waals surface area contributed by atoms with Gasteiger partial charge in [0.15, 0.2) is 0 Å². The molecule has 0 aromatic carbocycles. The summed E-state index contributed by atoms with van der Waals surface area (Å²) in [5.41, 5.74) is 1.14. The summed E-state index contributed by atoms with van der Waals surface area (Å²) in [7, 11) is 0. The Bertz CT molecular complexity index is 707. The van der Waals surface area contributed by atoms with Crippen LogP contribution in [0.25, 0.3) is 0 Å². The second-order valence-electron chi connectivity index (χ2n) is 6.22. The summed E-state index contributed by atoms with van der Waals surface area (Å²) in [5.74, 6) is 1.18. The van der Waals surface area contributed by atoms with Gasteiger partial charge in [-0.2, -0.15) is 0 Å². The molecule has 2 aliphatic rings. The smallest absolute Gasteiger partial charge is 0.291 e. The molecule has 7 heteroatoms. The molecule has 0 unspecified atom stereocenters. The van der Waals surface area contributed by atoms with Gasteiger partial charge in [0.2, 0.25) is 5.82 Å². The Kier molecular flexibility index (Phi) is 4.20. The number of likely N-dealkylation sites (tertiary alicyclic amines) is 1. The fraction of sp³-hybridized carbons (Fsp3) is 0.412. The molecule has 1 spiro atoms. The van der Waals surface area contributed by atoms with E-state index in [2.05, 4.69) is 15.0 Å². The summed E-state index contributed by atoms with van der Waals surface area (Å²) in [4.78, 5) is 26.2. The molecule has 6 nitrogen and oxygen atoms in total. The number of thioether (sulfide) groups is 1. The maximum Gasteiger partial charge on any atom is 0.291 e. The predicted octanol–water partition coefficient (Wildman–Crippen LogP) is 1.79. The van der Waals surface area contributed by atoms with Gasteiger partial charge in [0.1, 0.15) is 0 Å². The van der Waals surface area contributed by atoms with E-state index in [1.807, 2.05) is 28.8 Å². The normalized spacial score (nSPS) is 21.7. The van der Waals surface area contributed by atoms with E-state index in [9.17, 15) is 4.79 Å². The average molecular weight is 342 g/mol. The standard InChI is InChI=1S/C17H18N4O2S/c22-16(15-19-4-1-5-20-15)21-11-17(12-21)8-14(10-24-17)23-9-13-2-6-18-7-3-13/h1-7,14H,8-12H2/t14-/m0/s1. The third-order valence-corrected chi connectivity index (χ3v) is 5.99. The van der Waals surface area contributed by atoms with Gasteiger partial charge in [-0.3, -0.25) is 9.78 Å². The Morgan fingerprint density at radius 2 is 2.00 bits per heavy atom. The first-order chi connectivity index (χ1) is 11.7. The lowest BCUT2D eigenvalue weighted by Gasteiger charge is -2.47. The van der Waals surface area contributed by atoms with Crippen molar-refractivity contribution in [2.75, 3.05) is 18.8 Å². The SMILES string of the molecule is O=C(c1ncccn1)N1CC2(C[C@H](OCc3ccncc3)CS2)C1. The highest BCUT2D eigenvalue weighted by molar-refractivity contribution is 8.01. The van der Waals surface area contributed by atoms with Gasteiger partial charge in [-0.1, -0.05) is 0 Å². The maximum atomic E-state index is 12.3. The van der Waals surface area contributed by atoms with Gasteiger partial charge in [-0.15, -0.1) is 11.8 Å². The lowest BCUT2D eigenvalue weighted by atomic mass is 9.93. The van der Waals surface area contributed by atoms with Crippen LogP contribution in [0.5, 0.6) is 0 Å². The summed E-state index contributed by atoms with van der Waals surface area (Å²) in [6.45, 7) is 2.12. The second-order valence-corrected chi connectivity index (χ2v) is 7.71. The van der Waals surface area contributed by atoms with Crippen LogP contribution in [0.4, 0.5) is 0 Å². The summed E-state index contributed by atoms with van der Waals surface area (Å²) in [6.07, 6.45) is 8.00. The van der Waals surface area contributed by atoms with Gasteiger partial charge in [0.25, 0.3) is 5.91 Å². The Hall–Kier alpha value is -1.99. The number of hydrogen-bond donors (Lipinski definition) is 0. The van der Waals surface area contributed by atoms with Gasteiger partial charge < -0.3 is 9.64 Å². The molecule has 124 valence electrons. The number of ether oxygens (including phenoxy) is 1. The van der Waals surface area contributed by atoms with Crippen LogP contribution in [0.15, 0.2) is 43.0 Å². The van der Waals surface area contributed by atoms with Crippen LogP contribution >= 0.6 is 11.8 Å². The van der Waals surface area contributed by atoms with Crippen molar-refractivity contribution < 1.29 is 9.53 Å². The monoisotopic (exact) mass is 342 g/mol. The van der Waals surface area contributed by atoms with Crippen LogP contribution in [0, 0.1) is 0 Å². The number of rotatable bonds is 4. The van der Waals surface area contributed by atoms with Crippen LogP contribution in [-0.2, 0) is 11.3 Å². The van der Waals surface area contributed by atoms with E-state index >= 15 is 0 Å². The van der Waals surface area contributed by atoms with E-state index in [4.69, 9.17) is 4.74 Å². The van der Waals surface area contributed by atoms with Gasteiger partial charge >= 0.3 is 0 Å². The third-order valence-electron chi connectivity index (χ3n) is 4.41. The first kappa shape index (κ1) is 15.5. The highest BCUT2D eigenvalue weighted by Gasteiger charge is 2.51. The second kappa shape index (κ2) is 6.49. The van der Waals surface area contributed by atoms with E-state index in [1.54, 1.807) is 30.9 Å². The summed E-state index contributed by atoms with van der Waals surface area (Å²) in [6, 6.07) is 5.66. The fourth-order valence-corrected chi connectivity index (χ4v) is 4.72. The average Bonchev–Trinajstić information content (AvgIpc) is 3.04. The lowest BCUT2D eigenvalue weighted by Crippen LogP contribution is -2.61. The van der Waals surface area contributed by atoms with Gasteiger partial charge in [0, 0.05) is 43.6 Å². The molecular formula is C17H18N4O2S. The first-order valence-corrected chi connectivity index (χ1v) is 8.93. The van der Waals surface area contributed by atoms with Crippen molar-refractivity contribution >= 4 is 17.7 Å². The zero-order valence-corrected chi connectivity index (χ0v) is 14.0. The molecule has 0 saturated carbocycles. The number of amides is 1. The quantitative estimate of drug-likeness (QED) is 0.844. The van der Waals surface area contributed by atoms with Crippen LogP contribution in [0.2, 0.25) is 0 Å². The maximum absolute atomic E-state index is 12.3. The minimum Gasteiger partial charge on any atom is -0.373 e. The van der Waals surface area contributed by atoms with Gasteiger partial charge in [0.05, 0.1) is 17.5 Å². The molecule has 4 rings (SSSR count). The Morgan fingerprint density at radius 1 is 1.25 bits per heavy atom. The number of carbonyl (C=O) groups excluding carboxylic acids is 1. The molecule has 0 N–H and O–H groups in total. The summed E-state index contributed by atoms with van der Waals surface area (Å²) in [5, 5.41) is 0. The van der Waals surface area contributed by atoms with Crippen LogP contribution in [0.3, 0.4) is 0 Å². The van der Waals surface area contributed by atoms with E-state index in [1.165, 1.54) is 0 Å². The number of pyridine rings is 1. The molecule has 0 aliphatic carbocycles. The minimum atomic E-state index is -0.0806. The Morgan fingerprint density at radius 3 is 2.75 bits per heavy atom. The number of nitrogens with zero attached hydrogens (tertiary/aromatic N) is 4. The Balaban J connectivity index is 1.28. The van der Waals surface area contributed by atoms with Crippen molar-refractivity contribution in [1.82, 2.24) is 19.9 Å². The van der Waals surface area contributed by atoms with Gasteiger partial charge in [-0.05, 0) is 30.2 Å². The van der Waals surface area contributed by atoms with E-state index in [-0.39, 0.29) is 22.6 Å². The third kappa shape index (κ3) is 3.14. The summed E-state index contributed by atoms with van der Waals surface area (Å²) < 4.78 is 6.17. The molecule has 4 heterocycles. The number of hydrogen-bond acceptors (Lipinski definition) is 6. The predicted molar refractivity (Wildman–Crippen MR) is 90.6 cm³/mol. The van der Waals surface area contributed by atoms with Crippen LogP contribution in [-0.4, -0.2) is 55.5 Å². The van der Waals surface area contributed by atoms with Crippen molar-refractivity contribution in [2.45, 2.75) is 23.9 Å². The highest BCUT2D eigenvalue weighted by Crippen LogP contribution is 2.46. The largest absolute Gasteiger partial charge is 0.373 e. The van der Waals surface area contributed by atoms with Crippen LogP contribution in [0.1, 0.15) is 22.6 Å². The molecule has 2 aliphatic heterocycles. The molecule has 0 radical (unpaired) electrons. The highest BCUT2D eigenvalue weighted by atomic mass is 32.2. The molecular weight excluding hydrogens is 324 g/mol. The molecule has 2 aromatic heterocycles. The minimum absolute atomic E-state index is 0.0806. The topological polar surface area (TPSA) is 68.2 Å². The van der Waals surface area contributed by atoms with Crippen molar-refractivity contribution in [3.05, 3.63) is 54.4 Å². The van der Waals surface area contributed by atoms with Crippen LogP contribution < -0.4 is 0 Å². The van der Waals surface area contributed by atoms with Crippen molar-refractivity contribution in [3.63, 3.8) is 0 Å². The number of carbonyl (C=O) groups is 1. The molecule has 1 atom stereocenters. The van der Waals surface area contributed by atoms with Crippen molar-refractivity contribution in [2.24, 2.45) is 0 Å². The molecule has 2 saturated heterocycles. The molecule has 2 aromatic rings. The Labute approximate surface area is 144 Å². The van der Waals surface area contributed by atoms with E-state index in [0.29, 0.717) is 6.61 Å². The molecule has 2 fully saturated rings. The summed E-state index contributed by atoms with van der Waals surface area (Å²) >= 11 is 1.92. The number of aromatic nitrogens is 3. The zero-order valence-electron chi connectivity index (χ0n) is 13.2. The van der Waals surface area contributed by atoms with Crippen molar-refractivity contribution in [1.29, 1.82) is 0 Å². The zero-order chi connectivity index (χ0) is 16.4. The molecule has 24 heavy (non-hydrogen) atoms. The fourth-order valence-electron chi connectivity index (χ4n) is 3.17. The van der Waals surface area contributed by atoms with E-state index in [0.717, 1.165) is 30.8 Å². The first-order valence-electron chi connectivity index (χ1n) is 7.95. The van der Waals surface area contributed by atoms with Gasteiger partial charge in [-0.25, -0.2) is 9.97 Å².